The second-order valence-corrected chi connectivity index (χ2v) is 14.5. The first-order chi connectivity index (χ1) is 27.7. The van der Waals surface area contributed by atoms with E-state index in [0.29, 0.717) is 5.82 Å². The van der Waals surface area contributed by atoms with Crippen LogP contribution in [-0.4, -0.2) is 9.97 Å². The maximum atomic E-state index is 6.69. The summed E-state index contributed by atoms with van der Waals surface area (Å²) in [4.78, 5) is 10.1. The van der Waals surface area contributed by atoms with Crippen molar-refractivity contribution in [1.29, 1.82) is 0 Å². The van der Waals surface area contributed by atoms with Crippen LogP contribution >= 0.6 is 0 Å². The van der Waals surface area contributed by atoms with Gasteiger partial charge in [0, 0.05) is 27.5 Å². The summed E-state index contributed by atoms with van der Waals surface area (Å²) in [5.74, 6) is 0.698. The van der Waals surface area contributed by atoms with Gasteiger partial charge in [-0.15, -0.1) is 0 Å². The van der Waals surface area contributed by atoms with Crippen LogP contribution in [0.4, 0.5) is 0 Å². The fourth-order valence-corrected chi connectivity index (χ4v) is 8.79. The van der Waals surface area contributed by atoms with Gasteiger partial charge in [-0.25, -0.2) is 9.97 Å². The molecule has 1 aliphatic rings. The number of nitrogens with zero attached hydrogens (tertiary/aromatic N) is 2. The molecule has 0 spiro atoms. The Balaban J connectivity index is 1.02. The lowest BCUT2D eigenvalue weighted by Crippen LogP contribution is -2.28. The molecule has 0 bridgehead atoms. The van der Waals surface area contributed by atoms with E-state index in [9.17, 15) is 0 Å². The smallest absolute Gasteiger partial charge is 0.160 e. The van der Waals surface area contributed by atoms with Crippen LogP contribution in [0.3, 0.4) is 0 Å². The summed E-state index contributed by atoms with van der Waals surface area (Å²) in [5.41, 5.74) is 15.9. The summed E-state index contributed by atoms with van der Waals surface area (Å²) in [6.45, 7) is 0. The molecule has 10 aromatic rings. The summed E-state index contributed by atoms with van der Waals surface area (Å²) in [6, 6.07) is 73.1. The zero-order chi connectivity index (χ0) is 37.1. The van der Waals surface area contributed by atoms with Crippen molar-refractivity contribution in [1.82, 2.24) is 9.97 Å². The minimum atomic E-state index is -0.472. The summed E-state index contributed by atoms with van der Waals surface area (Å²) in [7, 11) is 0. The molecule has 2 aromatic heterocycles. The Hall–Kier alpha value is -7.36. The highest BCUT2D eigenvalue weighted by atomic mass is 16.3. The van der Waals surface area contributed by atoms with Crippen molar-refractivity contribution in [3.63, 3.8) is 0 Å². The second kappa shape index (κ2) is 12.9. The lowest BCUT2D eigenvalue weighted by molar-refractivity contribution is 0.666. The highest BCUT2D eigenvalue weighted by Crippen LogP contribution is 2.57. The first-order valence-corrected chi connectivity index (χ1v) is 19.1. The maximum absolute atomic E-state index is 6.69. The summed E-state index contributed by atoms with van der Waals surface area (Å²) in [6.07, 6.45) is 0. The molecule has 0 radical (unpaired) electrons. The highest BCUT2D eigenvalue weighted by molar-refractivity contribution is 6.09. The first kappa shape index (κ1) is 32.1. The Labute approximate surface area is 325 Å². The monoisotopic (exact) mass is 714 g/mol. The quantitative estimate of drug-likeness (QED) is 0.172. The molecule has 11 rings (SSSR count). The average molecular weight is 715 g/mol. The predicted molar refractivity (Wildman–Crippen MR) is 228 cm³/mol. The van der Waals surface area contributed by atoms with E-state index in [4.69, 9.17) is 14.4 Å². The average Bonchev–Trinajstić information content (AvgIpc) is 3.79. The maximum Gasteiger partial charge on any atom is 0.160 e. The zero-order valence-corrected chi connectivity index (χ0v) is 30.4. The molecule has 0 saturated carbocycles. The van der Waals surface area contributed by atoms with E-state index < -0.39 is 5.41 Å². The number of hydrogen-bond donors (Lipinski definition) is 0. The van der Waals surface area contributed by atoms with E-state index in [-0.39, 0.29) is 0 Å². The van der Waals surface area contributed by atoms with Gasteiger partial charge in [-0.1, -0.05) is 176 Å². The van der Waals surface area contributed by atoms with Crippen molar-refractivity contribution in [2.45, 2.75) is 5.41 Å². The van der Waals surface area contributed by atoms with Gasteiger partial charge in [-0.05, 0) is 74.8 Å². The zero-order valence-electron chi connectivity index (χ0n) is 30.4. The lowest BCUT2D eigenvalue weighted by atomic mass is 9.67. The van der Waals surface area contributed by atoms with Crippen LogP contribution in [0.5, 0.6) is 0 Å². The first-order valence-electron chi connectivity index (χ1n) is 19.1. The third-order valence-electron chi connectivity index (χ3n) is 11.4. The van der Waals surface area contributed by atoms with Crippen molar-refractivity contribution in [2.75, 3.05) is 0 Å². The summed E-state index contributed by atoms with van der Waals surface area (Å²) < 4.78 is 6.69. The molecule has 0 atom stereocenters. The van der Waals surface area contributed by atoms with Gasteiger partial charge in [0.05, 0.1) is 16.8 Å². The van der Waals surface area contributed by atoms with Gasteiger partial charge < -0.3 is 4.42 Å². The highest BCUT2D eigenvalue weighted by Gasteiger charge is 2.46. The third kappa shape index (κ3) is 5.05. The van der Waals surface area contributed by atoms with Crippen LogP contribution in [0.1, 0.15) is 22.3 Å². The summed E-state index contributed by atoms with van der Waals surface area (Å²) >= 11 is 0. The standard InChI is InChI=1S/C53H34N2O/c1-5-15-36(16-6-1)48-34-49(37-17-7-2-8-18-37)55-52(54-48)38-27-25-35(26-28-38)39-29-30-50-44(31-39)45-32-43-42-23-13-14-24-46(42)53(40-19-9-3-10-20-40,41-21-11-4-12-22-41)47(43)33-51(45)56-50/h1-34H. The Morgan fingerprint density at radius 3 is 1.48 bits per heavy atom. The van der Waals surface area contributed by atoms with Crippen molar-refractivity contribution >= 4 is 21.9 Å². The number of benzene rings is 8. The van der Waals surface area contributed by atoms with Gasteiger partial charge in [0.15, 0.2) is 5.82 Å². The molecule has 0 fully saturated rings. The predicted octanol–water partition coefficient (Wildman–Crippen LogP) is 13.4. The normalized spacial score (nSPS) is 12.8. The second-order valence-electron chi connectivity index (χ2n) is 14.5. The Morgan fingerprint density at radius 1 is 0.339 bits per heavy atom. The largest absolute Gasteiger partial charge is 0.456 e. The number of furan rings is 1. The fraction of sp³-hybridized carbons (Fsp3) is 0.0189. The molecule has 262 valence electrons. The lowest BCUT2D eigenvalue weighted by Gasteiger charge is -2.33. The van der Waals surface area contributed by atoms with Crippen molar-refractivity contribution in [2.24, 2.45) is 0 Å². The number of aromatic nitrogens is 2. The molecule has 2 heterocycles. The van der Waals surface area contributed by atoms with Crippen molar-refractivity contribution in [3.05, 3.63) is 229 Å². The number of hydrogen-bond acceptors (Lipinski definition) is 3. The van der Waals surface area contributed by atoms with Crippen LogP contribution in [0.15, 0.2) is 211 Å². The van der Waals surface area contributed by atoms with Gasteiger partial charge in [0.1, 0.15) is 11.2 Å². The molecule has 3 nitrogen and oxygen atoms in total. The van der Waals surface area contributed by atoms with Crippen molar-refractivity contribution in [3.8, 4) is 56.2 Å². The van der Waals surface area contributed by atoms with E-state index in [0.717, 1.165) is 61.1 Å². The van der Waals surface area contributed by atoms with Crippen LogP contribution in [0.2, 0.25) is 0 Å². The SMILES string of the molecule is c1ccc(-c2cc(-c3ccccc3)nc(-c3ccc(-c4ccc5oc6cc7c(cc6c5c4)-c4ccccc4C7(c4ccccc4)c4ccccc4)cc3)n2)cc1. The molecule has 3 heteroatoms. The fourth-order valence-electron chi connectivity index (χ4n) is 8.79. The molecule has 0 N–H and O–H groups in total. The van der Waals surface area contributed by atoms with Gasteiger partial charge >= 0.3 is 0 Å². The van der Waals surface area contributed by atoms with Crippen LogP contribution in [-0.2, 0) is 5.41 Å². The molecular weight excluding hydrogens is 681 g/mol. The Kier molecular flexibility index (Phi) is 7.39. The number of fused-ring (bicyclic) bond motifs is 6. The van der Waals surface area contributed by atoms with Gasteiger partial charge in [0.25, 0.3) is 0 Å². The van der Waals surface area contributed by atoms with Gasteiger partial charge in [0.2, 0.25) is 0 Å². The topological polar surface area (TPSA) is 38.9 Å². The molecule has 0 saturated heterocycles. The molecular formula is C53H34N2O. The van der Waals surface area contributed by atoms with Gasteiger partial charge in [-0.3, -0.25) is 0 Å². The Morgan fingerprint density at radius 2 is 0.857 bits per heavy atom. The molecule has 0 unspecified atom stereocenters. The van der Waals surface area contributed by atoms with Crippen LogP contribution < -0.4 is 0 Å². The molecule has 0 amide bonds. The molecule has 1 aliphatic carbocycles. The number of rotatable bonds is 6. The van der Waals surface area contributed by atoms with E-state index >= 15 is 0 Å². The minimum Gasteiger partial charge on any atom is -0.456 e. The van der Waals surface area contributed by atoms with Crippen molar-refractivity contribution < 1.29 is 4.42 Å². The third-order valence-corrected chi connectivity index (χ3v) is 11.4. The van der Waals surface area contributed by atoms with E-state index in [1.165, 1.54) is 33.4 Å². The Bertz CT molecular complexity index is 2950. The van der Waals surface area contributed by atoms with E-state index in [2.05, 4.69) is 170 Å². The molecule has 56 heavy (non-hydrogen) atoms. The summed E-state index contributed by atoms with van der Waals surface area (Å²) in [5, 5.41) is 2.22. The van der Waals surface area contributed by atoms with Gasteiger partial charge in [-0.2, -0.15) is 0 Å². The van der Waals surface area contributed by atoms with E-state index in [1.54, 1.807) is 0 Å². The minimum absolute atomic E-state index is 0.472. The van der Waals surface area contributed by atoms with E-state index in [1.807, 2.05) is 36.4 Å². The molecule has 8 aromatic carbocycles. The molecule has 0 aliphatic heterocycles. The van der Waals surface area contributed by atoms with Crippen LogP contribution in [0.25, 0.3) is 78.1 Å². The van der Waals surface area contributed by atoms with Crippen LogP contribution in [0, 0.1) is 0 Å².